The van der Waals surface area contributed by atoms with Crippen LogP contribution < -0.4 is 4.87 Å². The van der Waals surface area contributed by atoms with Gasteiger partial charge in [-0.2, -0.15) is 0 Å². The zero-order valence-electron chi connectivity index (χ0n) is 10.2. The van der Waals surface area contributed by atoms with Crippen LogP contribution in [-0.2, 0) is 16.1 Å². The molecule has 0 fully saturated rings. The normalized spacial score (nSPS) is 10.7. The standard InChI is InChI=1S/C13H15NO3S/c1-2-3-8-17-12(15)9-14-10-6-4-5-7-11(10)18-13(14)16/h4-7H,2-3,8-9H2,1H3. The zero-order chi connectivity index (χ0) is 13.0. The van der Waals surface area contributed by atoms with E-state index in [-0.39, 0.29) is 17.4 Å². The molecule has 0 spiro atoms. The molecule has 18 heavy (non-hydrogen) atoms. The third kappa shape index (κ3) is 2.79. The summed E-state index contributed by atoms with van der Waals surface area (Å²) < 4.78 is 7.42. The molecule has 0 aliphatic heterocycles. The first-order chi connectivity index (χ1) is 8.72. The molecule has 0 saturated heterocycles. The Balaban J connectivity index is 2.14. The Kier molecular flexibility index (Phi) is 4.15. The number of benzene rings is 1. The van der Waals surface area contributed by atoms with Gasteiger partial charge in [-0.1, -0.05) is 36.8 Å². The number of fused-ring (bicyclic) bond motifs is 1. The highest BCUT2D eigenvalue weighted by molar-refractivity contribution is 7.16. The average Bonchev–Trinajstić information content (AvgIpc) is 2.67. The summed E-state index contributed by atoms with van der Waals surface area (Å²) in [5.41, 5.74) is 0.792. The van der Waals surface area contributed by atoms with E-state index < -0.39 is 0 Å². The third-order valence-corrected chi connectivity index (χ3v) is 3.58. The number of carbonyl (C=O) groups excluding carboxylic acids is 1. The van der Waals surface area contributed by atoms with Crippen LogP contribution in [0.3, 0.4) is 0 Å². The molecule has 4 nitrogen and oxygen atoms in total. The van der Waals surface area contributed by atoms with Gasteiger partial charge in [-0.25, -0.2) is 0 Å². The summed E-state index contributed by atoms with van der Waals surface area (Å²) in [5, 5.41) is 0. The fraction of sp³-hybridized carbons (Fsp3) is 0.385. The number of thiazole rings is 1. The minimum atomic E-state index is -0.353. The predicted octanol–water partition coefficient (Wildman–Crippen LogP) is 2.41. The van der Waals surface area contributed by atoms with Gasteiger partial charge in [0.15, 0.2) is 0 Å². The first kappa shape index (κ1) is 12.8. The number of aromatic nitrogens is 1. The molecule has 2 rings (SSSR count). The van der Waals surface area contributed by atoms with E-state index in [1.807, 2.05) is 31.2 Å². The lowest BCUT2D eigenvalue weighted by molar-refractivity contribution is -0.144. The molecule has 1 aromatic carbocycles. The molecule has 0 aliphatic rings. The van der Waals surface area contributed by atoms with Crippen LogP contribution in [-0.4, -0.2) is 17.1 Å². The lowest BCUT2D eigenvalue weighted by atomic mass is 10.3. The average molecular weight is 265 g/mol. The van der Waals surface area contributed by atoms with E-state index in [1.54, 1.807) is 0 Å². The minimum Gasteiger partial charge on any atom is -0.464 e. The molecule has 0 radical (unpaired) electrons. The molecule has 1 heterocycles. The summed E-state index contributed by atoms with van der Waals surface area (Å²) in [6, 6.07) is 7.45. The van der Waals surface area contributed by atoms with Gasteiger partial charge >= 0.3 is 10.8 Å². The number of hydrogen-bond acceptors (Lipinski definition) is 4. The lowest BCUT2D eigenvalue weighted by Crippen LogP contribution is -2.21. The first-order valence-corrected chi connectivity index (χ1v) is 6.78. The van der Waals surface area contributed by atoms with Gasteiger partial charge < -0.3 is 4.74 Å². The van der Waals surface area contributed by atoms with Crippen LogP contribution in [0.25, 0.3) is 10.2 Å². The first-order valence-electron chi connectivity index (χ1n) is 5.96. The Morgan fingerprint density at radius 2 is 2.17 bits per heavy atom. The number of nitrogens with zero attached hydrogens (tertiary/aromatic N) is 1. The summed E-state index contributed by atoms with van der Waals surface area (Å²) in [7, 11) is 0. The smallest absolute Gasteiger partial charge is 0.326 e. The Morgan fingerprint density at radius 3 is 2.94 bits per heavy atom. The van der Waals surface area contributed by atoms with Crippen molar-refractivity contribution >= 4 is 27.5 Å². The highest BCUT2D eigenvalue weighted by Gasteiger charge is 2.11. The second-order valence-corrected chi connectivity index (χ2v) is 4.99. The summed E-state index contributed by atoms with van der Waals surface area (Å²) >= 11 is 1.15. The highest BCUT2D eigenvalue weighted by Crippen LogP contribution is 2.16. The number of para-hydroxylation sites is 1. The number of hydrogen-bond donors (Lipinski definition) is 0. The monoisotopic (exact) mass is 265 g/mol. The van der Waals surface area contributed by atoms with Crippen molar-refractivity contribution in [2.75, 3.05) is 6.61 Å². The molecule has 0 unspecified atom stereocenters. The fourth-order valence-electron chi connectivity index (χ4n) is 1.67. The summed E-state index contributed by atoms with van der Waals surface area (Å²) in [4.78, 5) is 23.3. The van der Waals surface area contributed by atoms with Crippen LogP contribution in [0.5, 0.6) is 0 Å². The molecule has 0 N–H and O–H groups in total. The fourth-order valence-corrected chi connectivity index (χ4v) is 2.56. The molecule has 0 aliphatic carbocycles. The van der Waals surface area contributed by atoms with E-state index in [2.05, 4.69) is 0 Å². The van der Waals surface area contributed by atoms with E-state index in [4.69, 9.17) is 4.74 Å². The quantitative estimate of drug-likeness (QED) is 0.616. The molecular weight excluding hydrogens is 250 g/mol. The summed E-state index contributed by atoms with van der Waals surface area (Å²) in [5.74, 6) is -0.353. The number of unbranched alkanes of at least 4 members (excludes halogenated alkanes) is 1. The van der Waals surface area contributed by atoms with Crippen molar-refractivity contribution in [3.63, 3.8) is 0 Å². The third-order valence-electron chi connectivity index (χ3n) is 2.62. The van der Waals surface area contributed by atoms with E-state index in [1.165, 1.54) is 4.57 Å². The molecule has 1 aromatic heterocycles. The number of carbonyl (C=O) groups is 1. The molecule has 96 valence electrons. The maximum atomic E-state index is 11.8. The second-order valence-electron chi connectivity index (χ2n) is 4.00. The second kappa shape index (κ2) is 5.82. The molecule has 2 aromatic rings. The molecule has 0 bridgehead atoms. The predicted molar refractivity (Wildman–Crippen MR) is 72.0 cm³/mol. The molecule has 0 saturated carbocycles. The summed E-state index contributed by atoms with van der Waals surface area (Å²) in [6.07, 6.45) is 1.83. The van der Waals surface area contributed by atoms with E-state index in [0.29, 0.717) is 6.61 Å². The van der Waals surface area contributed by atoms with Gasteiger partial charge in [-0.3, -0.25) is 14.2 Å². The largest absolute Gasteiger partial charge is 0.464 e. The SMILES string of the molecule is CCCCOC(=O)Cn1c(=O)sc2ccccc21. The maximum Gasteiger partial charge on any atom is 0.326 e. The van der Waals surface area contributed by atoms with Gasteiger partial charge in [-0.05, 0) is 18.6 Å². The van der Waals surface area contributed by atoms with Crippen LogP contribution in [0.4, 0.5) is 0 Å². The number of rotatable bonds is 5. The zero-order valence-corrected chi connectivity index (χ0v) is 11.0. The van der Waals surface area contributed by atoms with Crippen molar-refractivity contribution in [3.8, 4) is 0 Å². The lowest BCUT2D eigenvalue weighted by Gasteiger charge is -2.05. The number of ether oxygens (including phenoxy) is 1. The maximum absolute atomic E-state index is 11.8. The topological polar surface area (TPSA) is 48.3 Å². The van der Waals surface area contributed by atoms with Crippen LogP contribution >= 0.6 is 11.3 Å². The Bertz CT molecular complexity index is 600. The Labute approximate surface area is 109 Å². The van der Waals surface area contributed by atoms with Gasteiger partial charge in [0.25, 0.3) is 0 Å². The van der Waals surface area contributed by atoms with Gasteiger partial charge in [0.05, 0.1) is 16.8 Å². The van der Waals surface area contributed by atoms with Crippen molar-refractivity contribution in [1.29, 1.82) is 0 Å². The highest BCUT2D eigenvalue weighted by atomic mass is 32.1. The summed E-state index contributed by atoms with van der Waals surface area (Å²) in [6.45, 7) is 2.45. The molecule has 0 atom stereocenters. The molecule has 0 amide bonds. The van der Waals surface area contributed by atoms with Gasteiger partial charge in [0.2, 0.25) is 0 Å². The van der Waals surface area contributed by atoms with Crippen molar-refractivity contribution in [2.24, 2.45) is 0 Å². The van der Waals surface area contributed by atoms with Gasteiger partial charge in [0, 0.05) is 0 Å². The van der Waals surface area contributed by atoms with Crippen LogP contribution in [0.2, 0.25) is 0 Å². The van der Waals surface area contributed by atoms with E-state index in [9.17, 15) is 9.59 Å². The van der Waals surface area contributed by atoms with Crippen molar-refractivity contribution in [2.45, 2.75) is 26.3 Å². The Hall–Kier alpha value is -1.62. The van der Waals surface area contributed by atoms with Crippen molar-refractivity contribution in [3.05, 3.63) is 33.9 Å². The van der Waals surface area contributed by atoms with E-state index >= 15 is 0 Å². The van der Waals surface area contributed by atoms with Crippen molar-refractivity contribution < 1.29 is 9.53 Å². The van der Waals surface area contributed by atoms with Crippen molar-refractivity contribution in [1.82, 2.24) is 4.57 Å². The van der Waals surface area contributed by atoms with E-state index in [0.717, 1.165) is 34.4 Å². The molecule has 5 heteroatoms. The van der Waals surface area contributed by atoms with Crippen LogP contribution in [0.15, 0.2) is 29.1 Å². The number of esters is 1. The molecular formula is C13H15NO3S. The van der Waals surface area contributed by atoms with Gasteiger partial charge in [0.1, 0.15) is 6.54 Å². The van der Waals surface area contributed by atoms with Crippen LogP contribution in [0, 0.1) is 0 Å². The van der Waals surface area contributed by atoms with Crippen LogP contribution in [0.1, 0.15) is 19.8 Å². The minimum absolute atomic E-state index is 0.00738. The Morgan fingerprint density at radius 1 is 1.39 bits per heavy atom. The van der Waals surface area contributed by atoms with Gasteiger partial charge in [-0.15, -0.1) is 0 Å².